The van der Waals surface area contributed by atoms with Crippen molar-refractivity contribution in [3.63, 3.8) is 0 Å². The third kappa shape index (κ3) is 4.22. The smallest absolute Gasteiger partial charge is 0.302 e. The number of nitro benzene ring substituents is 1. The van der Waals surface area contributed by atoms with Crippen LogP contribution in [0.3, 0.4) is 0 Å². The van der Waals surface area contributed by atoms with Crippen molar-refractivity contribution >= 4 is 11.7 Å². The number of hydrogen-bond donors (Lipinski definition) is 0. The Morgan fingerprint density at radius 3 is 2.41 bits per heavy atom. The normalized spacial score (nSPS) is 11.9. The summed E-state index contributed by atoms with van der Waals surface area (Å²) in [5.41, 5.74) is 0.984. The number of rotatable bonds is 5. The van der Waals surface area contributed by atoms with Gasteiger partial charge in [-0.3, -0.25) is 14.9 Å². The fourth-order valence-electron chi connectivity index (χ4n) is 1.52. The van der Waals surface area contributed by atoms with Crippen molar-refractivity contribution in [2.45, 2.75) is 32.8 Å². The van der Waals surface area contributed by atoms with Gasteiger partial charge in [-0.15, -0.1) is 0 Å². The van der Waals surface area contributed by atoms with Crippen molar-refractivity contribution in [3.05, 3.63) is 39.9 Å². The first-order valence-electron chi connectivity index (χ1n) is 5.43. The Bertz CT molecular complexity index is 399. The van der Waals surface area contributed by atoms with E-state index >= 15 is 0 Å². The lowest BCUT2D eigenvalue weighted by molar-refractivity contribution is -0.384. The Hall–Kier alpha value is -1.91. The van der Waals surface area contributed by atoms with Gasteiger partial charge in [-0.1, -0.05) is 19.1 Å². The lowest BCUT2D eigenvalue weighted by Crippen LogP contribution is -2.17. The summed E-state index contributed by atoms with van der Waals surface area (Å²) < 4.78 is 5.11. The van der Waals surface area contributed by atoms with E-state index in [2.05, 4.69) is 0 Å². The second-order valence-corrected chi connectivity index (χ2v) is 3.77. The summed E-state index contributed by atoms with van der Waals surface area (Å²) in [5.74, 6) is -0.307. The maximum absolute atomic E-state index is 10.8. The van der Waals surface area contributed by atoms with E-state index < -0.39 is 4.92 Å². The first-order chi connectivity index (χ1) is 8.02. The summed E-state index contributed by atoms with van der Waals surface area (Å²) in [4.78, 5) is 20.9. The van der Waals surface area contributed by atoms with Gasteiger partial charge >= 0.3 is 5.97 Å². The molecule has 0 aromatic heterocycles. The van der Waals surface area contributed by atoms with Crippen LogP contribution in [0.2, 0.25) is 0 Å². The zero-order valence-electron chi connectivity index (χ0n) is 9.88. The minimum absolute atomic E-state index is 0.0642. The highest BCUT2D eigenvalue weighted by Crippen LogP contribution is 2.15. The molecular weight excluding hydrogens is 222 g/mol. The van der Waals surface area contributed by atoms with Crippen LogP contribution in [-0.2, 0) is 16.0 Å². The van der Waals surface area contributed by atoms with Crippen molar-refractivity contribution < 1.29 is 14.5 Å². The van der Waals surface area contributed by atoms with Crippen molar-refractivity contribution in [2.75, 3.05) is 0 Å². The van der Waals surface area contributed by atoms with Crippen LogP contribution in [0.25, 0.3) is 0 Å². The molecule has 0 N–H and O–H groups in total. The molecule has 0 saturated heterocycles. The van der Waals surface area contributed by atoms with Gasteiger partial charge in [0.25, 0.3) is 5.69 Å². The third-order valence-corrected chi connectivity index (χ3v) is 2.40. The number of non-ortho nitro benzene ring substituents is 1. The Morgan fingerprint density at radius 1 is 1.41 bits per heavy atom. The molecule has 0 aliphatic carbocycles. The first-order valence-corrected chi connectivity index (χ1v) is 5.43. The number of hydrogen-bond acceptors (Lipinski definition) is 4. The maximum Gasteiger partial charge on any atom is 0.302 e. The molecule has 0 saturated carbocycles. The van der Waals surface area contributed by atoms with E-state index in [0.29, 0.717) is 6.42 Å². The van der Waals surface area contributed by atoms with Crippen LogP contribution >= 0.6 is 0 Å². The zero-order chi connectivity index (χ0) is 12.8. The van der Waals surface area contributed by atoms with E-state index in [9.17, 15) is 14.9 Å². The van der Waals surface area contributed by atoms with Crippen LogP contribution in [0.15, 0.2) is 24.3 Å². The van der Waals surface area contributed by atoms with Crippen LogP contribution < -0.4 is 0 Å². The van der Waals surface area contributed by atoms with Crippen molar-refractivity contribution in [1.82, 2.24) is 0 Å². The molecule has 0 aliphatic heterocycles. The number of carbonyl (C=O) groups excluding carboxylic acids is 1. The molecule has 1 unspecified atom stereocenters. The fraction of sp³-hybridized carbons (Fsp3) is 0.417. The number of nitrogens with zero attached hydrogens (tertiary/aromatic N) is 1. The average molecular weight is 237 g/mol. The Labute approximate surface area is 99.5 Å². The zero-order valence-corrected chi connectivity index (χ0v) is 9.88. The SMILES string of the molecule is CCC(Cc1ccc([N+](=O)[O-])cc1)OC(C)=O. The van der Waals surface area contributed by atoms with Gasteiger partial charge in [0.05, 0.1) is 4.92 Å². The standard InChI is InChI=1S/C12H15NO4/c1-3-12(17-9(2)14)8-10-4-6-11(7-5-10)13(15)16/h4-7,12H,3,8H2,1-2H3. The summed E-state index contributed by atoms with van der Waals surface area (Å²) in [6, 6.07) is 6.28. The van der Waals surface area contributed by atoms with Crippen LogP contribution in [0.1, 0.15) is 25.8 Å². The summed E-state index contributed by atoms with van der Waals surface area (Å²) in [7, 11) is 0. The monoisotopic (exact) mass is 237 g/mol. The molecule has 17 heavy (non-hydrogen) atoms. The Balaban J connectivity index is 2.67. The van der Waals surface area contributed by atoms with Gasteiger partial charge in [0.15, 0.2) is 0 Å². The molecule has 0 bridgehead atoms. The maximum atomic E-state index is 10.8. The predicted molar refractivity (Wildman–Crippen MR) is 62.6 cm³/mol. The minimum atomic E-state index is -0.437. The molecule has 1 atom stereocenters. The molecule has 0 spiro atoms. The quantitative estimate of drug-likeness (QED) is 0.448. The van der Waals surface area contributed by atoms with E-state index in [1.54, 1.807) is 12.1 Å². The van der Waals surface area contributed by atoms with E-state index in [0.717, 1.165) is 12.0 Å². The summed E-state index contributed by atoms with van der Waals surface area (Å²) in [6.45, 7) is 3.30. The average Bonchev–Trinajstić information content (AvgIpc) is 2.28. The Kier molecular flexibility index (Phi) is 4.63. The lowest BCUT2D eigenvalue weighted by atomic mass is 10.1. The van der Waals surface area contributed by atoms with Gasteiger partial charge in [0, 0.05) is 25.5 Å². The molecule has 1 rings (SSSR count). The molecule has 0 radical (unpaired) electrons. The largest absolute Gasteiger partial charge is 0.462 e. The third-order valence-electron chi connectivity index (χ3n) is 2.40. The highest BCUT2D eigenvalue weighted by atomic mass is 16.6. The van der Waals surface area contributed by atoms with Crippen LogP contribution in [0, 0.1) is 10.1 Å². The minimum Gasteiger partial charge on any atom is -0.462 e. The Morgan fingerprint density at radius 2 is 2.00 bits per heavy atom. The molecule has 1 aromatic carbocycles. The second kappa shape index (κ2) is 5.98. The predicted octanol–water partition coefficient (Wildman–Crippen LogP) is 2.48. The summed E-state index contributed by atoms with van der Waals surface area (Å²) in [5, 5.41) is 10.5. The topological polar surface area (TPSA) is 69.4 Å². The number of nitro groups is 1. The molecule has 5 heteroatoms. The molecule has 5 nitrogen and oxygen atoms in total. The van der Waals surface area contributed by atoms with E-state index in [-0.39, 0.29) is 17.8 Å². The molecule has 0 fully saturated rings. The molecule has 92 valence electrons. The van der Waals surface area contributed by atoms with Crippen LogP contribution in [-0.4, -0.2) is 17.0 Å². The van der Waals surface area contributed by atoms with Gasteiger partial charge in [-0.2, -0.15) is 0 Å². The van der Waals surface area contributed by atoms with Crippen LogP contribution in [0.5, 0.6) is 0 Å². The molecule has 1 aromatic rings. The van der Waals surface area contributed by atoms with Gasteiger partial charge < -0.3 is 4.74 Å². The van der Waals surface area contributed by atoms with Gasteiger partial charge in [0.2, 0.25) is 0 Å². The van der Waals surface area contributed by atoms with E-state index in [1.807, 2.05) is 6.92 Å². The highest BCUT2D eigenvalue weighted by Gasteiger charge is 2.11. The van der Waals surface area contributed by atoms with Crippen molar-refractivity contribution in [2.24, 2.45) is 0 Å². The van der Waals surface area contributed by atoms with Crippen molar-refractivity contribution in [3.8, 4) is 0 Å². The molecule has 0 aliphatic rings. The summed E-state index contributed by atoms with van der Waals surface area (Å²) in [6.07, 6.45) is 1.12. The van der Waals surface area contributed by atoms with E-state index in [4.69, 9.17) is 4.74 Å². The molecule has 0 amide bonds. The number of ether oxygens (including phenoxy) is 1. The van der Waals surface area contributed by atoms with Gasteiger partial charge in [-0.05, 0) is 12.0 Å². The van der Waals surface area contributed by atoms with Gasteiger partial charge in [-0.25, -0.2) is 0 Å². The second-order valence-electron chi connectivity index (χ2n) is 3.77. The number of carbonyl (C=O) groups is 1. The molecular formula is C12H15NO4. The fourth-order valence-corrected chi connectivity index (χ4v) is 1.52. The lowest BCUT2D eigenvalue weighted by Gasteiger charge is -2.14. The highest BCUT2D eigenvalue weighted by molar-refractivity contribution is 5.66. The summed E-state index contributed by atoms with van der Waals surface area (Å²) >= 11 is 0. The molecule has 0 heterocycles. The van der Waals surface area contributed by atoms with E-state index in [1.165, 1.54) is 19.1 Å². The van der Waals surface area contributed by atoms with Crippen LogP contribution in [0.4, 0.5) is 5.69 Å². The first kappa shape index (κ1) is 13.2. The number of benzene rings is 1. The van der Waals surface area contributed by atoms with Gasteiger partial charge in [0.1, 0.15) is 6.10 Å². The number of esters is 1. The van der Waals surface area contributed by atoms with Crippen molar-refractivity contribution in [1.29, 1.82) is 0 Å².